The van der Waals surface area contributed by atoms with Crippen molar-refractivity contribution < 1.29 is 14.3 Å². The molecule has 0 atom stereocenters. The first-order valence-electron chi connectivity index (χ1n) is 5.02. The predicted octanol–water partition coefficient (Wildman–Crippen LogP) is 3.05. The maximum atomic E-state index is 13.1. The lowest BCUT2D eigenvalue weighted by Gasteiger charge is -2.04. The highest BCUT2D eigenvalue weighted by atomic mass is 79.9. The van der Waals surface area contributed by atoms with Gasteiger partial charge < -0.3 is 5.11 Å². The minimum Gasteiger partial charge on any atom is -0.477 e. The van der Waals surface area contributed by atoms with Gasteiger partial charge in [0.15, 0.2) is 11.5 Å². The molecule has 1 aromatic heterocycles. The lowest BCUT2D eigenvalue weighted by atomic mass is 10.2. The second-order valence-electron chi connectivity index (χ2n) is 3.65. The summed E-state index contributed by atoms with van der Waals surface area (Å²) in [6.45, 7) is 1.68. The molecule has 0 bridgehead atoms. The van der Waals surface area contributed by atoms with Crippen molar-refractivity contribution in [3.63, 3.8) is 0 Å². The van der Waals surface area contributed by atoms with Crippen molar-refractivity contribution in [2.45, 2.75) is 6.92 Å². The quantitative estimate of drug-likeness (QED) is 0.926. The summed E-state index contributed by atoms with van der Waals surface area (Å²) in [5.74, 6) is -1.26. The van der Waals surface area contributed by atoms with E-state index < -0.39 is 11.8 Å². The van der Waals surface area contributed by atoms with Crippen LogP contribution in [0.25, 0.3) is 11.4 Å². The number of hydrogen-bond donors (Lipinski definition) is 1. The molecule has 0 spiro atoms. The van der Waals surface area contributed by atoms with Crippen LogP contribution in [-0.4, -0.2) is 21.0 Å². The number of aromatic nitrogens is 2. The molecule has 0 saturated heterocycles. The van der Waals surface area contributed by atoms with E-state index in [1.807, 2.05) is 0 Å². The summed E-state index contributed by atoms with van der Waals surface area (Å²) >= 11 is 3.06. The smallest absolute Gasteiger partial charge is 0.354 e. The van der Waals surface area contributed by atoms with Crippen molar-refractivity contribution >= 4 is 21.9 Å². The van der Waals surface area contributed by atoms with Crippen LogP contribution in [-0.2, 0) is 0 Å². The van der Waals surface area contributed by atoms with Gasteiger partial charge in [0.25, 0.3) is 0 Å². The Bertz CT molecular complexity index is 631. The molecule has 0 unspecified atom stereocenters. The van der Waals surface area contributed by atoms with E-state index in [-0.39, 0.29) is 16.0 Å². The van der Waals surface area contributed by atoms with Crippen LogP contribution < -0.4 is 0 Å². The molecule has 6 heteroatoms. The molecule has 2 rings (SSSR count). The molecule has 0 fully saturated rings. The van der Waals surface area contributed by atoms with E-state index in [0.29, 0.717) is 11.3 Å². The highest BCUT2D eigenvalue weighted by Crippen LogP contribution is 2.23. The zero-order valence-electron chi connectivity index (χ0n) is 9.32. The molecule has 0 aliphatic heterocycles. The van der Waals surface area contributed by atoms with Crippen molar-refractivity contribution in [1.29, 1.82) is 0 Å². The van der Waals surface area contributed by atoms with Crippen molar-refractivity contribution in [2.24, 2.45) is 0 Å². The highest BCUT2D eigenvalue weighted by molar-refractivity contribution is 9.10. The Labute approximate surface area is 111 Å². The van der Waals surface area contributed by atoms with Gasteiger partial charge in [-0.15, -0.1) is 0 Å². The van der Waals surface area contributed by atoms with Crippen LogP contribution in [0.4, 0.5) is 4.39 Å². The zero-order valence-corrected chi connectivity index (χ0v) is 10.9. The van der Waals surface area contributed by atoms with Crippen LogP contribution in [0.3, 0.4) is 0 Å². The Morgan fingerprint density at radius 2 is 2.06 bits per heavy atom. The van der Waals surface area contributed by atoms with Gasteiger partial charge in [0, 0.05) is 11.3 Å². The summed E-state index contributed by atoms with van der Waals surface area (Å²) in [6.07, 6.45) is 0. The summed E-state index contributed by atoms with van der Waals surface area (Å²) in [5.41, 5.74) is 1.00. The monoisotopic (exact) mass is 310 g/mol. The molecule has 1 aromatic carbocycles. The first-order valence-corrected chi connectivity index (χ1v) is 5.81. The molecular weight excluding hydrogens is 303 g/mol. The maximum Gasteiger partial charge on any atom is 0.354 e. The van der Waals surface area contributed by atoms with Crippen LogP contribution in [0.1, 0.15) is 16.2 Å². The third kappa shape index (κ3) is 2.53. The second kappa shape index (κ2) is 4.81. The van der Waals surface area contributed by atoms with Gasteiger partial charge in [0.1, 0.15) is 5.82 Å². The van der Waals surface area contributed by atoms with Gasteiger partial charge in [-0.25, -0.2) is 19.2 Å². The maximum absolute atomic E-state index is 13.1. The van der Waals surface area contributed by atoms with E-state index >= 15 is 0 Å². The van der Waals surface area contributed by atoms with Crippen molar-refractivity contribution in [3.8, 4) is 11.4 Å². The molecule has 0 radical (unpaired) electrons. The summed E-state index contributed by atoms with van der Waals surface area (Å²) < 4.78 is 13.4. The molecule has 0 aliphatic rings. The molecule has 4 nitrogen and oxygen atoms in total. The molecule has 1 N–H and O–H groups in total. The van der Waals surface area contributed by atoms with Crippen LogP contribution in [0.2, 0.25) is 0 Å². The van der Waals surface area contributed by atoms with Crippen LogP contribution >= 0.6 is 15.9 Å². The van der Waals surface area contributed by atoms with E-state index in [9.17, 15) is 9.18 Å². The summed E-state index contributed by atoms with van der Waals surface area (Å²) in [5, 5.41) is 8.92. The number of hydrogen-bond acceptors (Lipinski definition) is 3. The number of rotatable bonds is 2. The van der Waals surface area contributed by atoms with E-state index in [1.54, 1.807) is 6.92 Å². The minimum absolute atomic E-state index is 0.0852. The van der Waals surface area contributed by atoms with Gasteiger partial charge in [-0.3, -0.25) is 0 Å². The lowest BCUT2D eigenvalue weighted by Crippen LogP contribution is -2.04. The number of aryl methyl sites for hydroxylation is 1. The molecule has 0 aliphatic carbocycles. The van der Waals surface area contributed by atoms with Gasteiger partial charge >= 0.3 is 5.97 Å². The van der Waals surface area contributed by atoms with Gasteiger partial charge in [0.05, 0.1) is 4.47 Å². The fraction of sp³-hybridized carbons (Fsp3) is 0.0833. The molecule has 92 valence electrons. The fourth-order valence-corrected chi connectivity index (χ4v) is 1.82. The van der Waals surface area contributed by atoms with Crippen LogP contribution in [0.15, 0.2) is 28.7 Å². The second-order valence-corrected chi connectivity index (χ2v) is 4.51. The van der Waals surface area contributed by atoms with E-state index in [4.69, 9.17) is 5.11 Å². The largest absolute Gasteiger partial charge is 0.477 e. The van der Waals surface area contributed by atoms with Crippen molar-refractivity contribution in [3.05, 3.63) is 45.9 Å². The normalized spacial score (nSPS) is 10.4. The first-order chi connectivity index (χ1) is 8.47. The summed E-state index contributed by atoms with van der Waals surface area (Å²) in [6, 6.07) is 5.66. The predicted molar refractivity (Wildman–Crippen MR) is 66.8 cm³/mol. The SMILES string of the molecule is Cc1cc(C(=O)O)nc(-c2ccc(F)c(Br)c2)n1. The minimum atomic E-state index is -1.12. The summed E-state index contributed by atoms with van der Waals surface area (Å²) in [7, 11) is 0. The number of carbonyl (C=O) groups is 1. The Morgan fingerprint density at radius 1 is 1.33 bits per heavy atom. The Morgan fingerprint density at radius 3 is 2.67 bits per heavy atom. The summed E-state index contributed by atoms with van der Waals surface area (Å²) in [4.78, 5) is 19.0. The molecule has 1 heterocycles. The molecule has 0 saturated carbocycles. The van der Waals surface area contributed by atoms with Gasteiger partial charge in [0.2, 0.25) is 0 Å². The van der Waals surface area contributed by atoms with Crippen LogP contribution in [0, 0.1) is 12.7 Å². The first kappa shape index (κ1) is 12.6. The third-order valence-electron chi connectivity index (χ3n) is 2.25. The topological polar surface area (TPSA) is 63.1 Å². The Balaban J connectivity index is 2.56. The number of aromatic carboxylic acids is 1. The lowest BCUT2D eigenvalue weighted by molar-refractivity contribution is 0.0690. The van der Waals surface area contributed by atoms with E-state index in [1.165, 1.54) is 24.3 Å². The van der Waals surface area contributed by atoms with Gasteiger partial charge in [-0.2, -0.15) is 0 Å². The standard InChI is InChI=1S/C12H8BrFN2O2/c1-6-4-10(12(17)18)16-11(15-6)7-2-3-9(14)8(13)5-7/h2-5H,1H3,(H,17,18). The van der Waals surface area contributed by atoms with Crippen molar-refractivity contribution in [2.75, 3.05) is 0 Å². The molecular formula is C12H8BrFN2O2. The molecule has 18 heavy (non-hydrogen) atoms. The van der Waals surface area contributed by atoms with Gasteiger partial charge in [-0.1, -0.05) is 0 Å². The van der Waals surface area contributed by atoms with Crippen LogP contribution in [0.5, 0.6) is 0 Å². The highest BCUT2D eigenvalue weighted by Gasteiger charge is 2.11. The molecule has 0 amide bonds. The number of halogens is 2. The van der Waals surface area contributed by atoms with Gasteiger partial charge in [-0.05, 0) is 47.1 Å². The number of carboxylic acids is 1. The fourth-order valence-electron chi connectivity index (χ4n) is 1.44. The van der Waals surface area contributed by atoms with E-state index in [0.717, 1.165) is 0 Å². The number of nitrogens with zero attached hydrogens (tertiary/aromatic N) is 2. The molecule has 2 aromatic rings. The zero-order chi connectivity index (χ0) is 13.3. The van der Waals surface area contributed by atoms with E-state index in [2.05, 4.69) is 25.9 Å². The average Bonchev–Trinajstić information content (AvgIpc) is 2.31. The average molecular weight is 311 g/mol. The number of carboxylic acid groups (broad SMARTS) is 1. The van der Waals surface area contributed by atoms with Crippen molar-refractivity contribution in [1.82, 2.24) is 9.97 Å². The Hall–Kier alpha value is -1.82. The third-order valence-corrected chi connectivity index (χ3v) is 2.86. The Kier molecular flexibility index (Phi) is 3.38. The number of benzene rings is 1.